The van der Waals surface area contributed by atoms with E-state index in [-0.39, 0.29) is 48.1 Å². The van der Waals surface area contributed by atoms with Crippen LogP contribution in [0.25, 0.3) is 10.8 Å². The highest BCUT2D eigenvalue weighted by molar-refractivity contribution is 5.91. The molecule has 0 aromatic heterocycles. The molecule has 3 aromatic rings. The highest BCUT2D eigenvalue weighted by atomic mass is 16.2. The highest BCUT2D eigenvalue weighted by Crippen LogP contribution is 2.52. The van der Waals surface area contributed by atoms with Crippen LogP contribution >= 0.6 is 0 Å². The quantitative estimate of drug-likeness (QED) is 0.395. The number of likely N-dealkylation sites (N-methyl/N-ethyl adjacent to an activating group) is 3. The zero-order valence-electron chi connectivity index (χ0n) is 26.1. The van der Waals surface area contributed by atoms with Gasteiger partial charge < -0.3 is 25.3 Å². The first-order valence-corrected chi connectivity index (χ1v) is 15.4. The van der Waals surface area contributed by atoms with Crippen LogP contribution in [0, 0.1) is 0 Å². The Kier molecular flexibility index (Phi) is 9.34. The molecule has 5 rings (SSSR count). The molecule has 1 heterocycles. The molecule has 9 nitrogen and oxygen atoms in total. The summed E-state index contributed by atoms with van der Waals surface area (Å²) in [6.45, 7) is 1.08. The lowest BCUT2D eigenvalue weighted by Gasteiger charge is -2.41. The lowest BCUT2D eigenvalue weighted by Crippen LogP contribution is -2.54. The molecule has 4 amide bonds. The Hall–Kier alpha value is -4.24. The number of fused-ring (bicyclic) bond motifs is 3. The summed E-state index contributed by atoms with van der Waals surface area (Å²) in [4.78, 5) is 57.5. The number of hydrogen-bond acceptors (Lipinski definition) is 5. The molecule has 1 spiro atoms. The van der Waals surface area contributed by atoms with Gasteiger partial charge in [0.25, 0.3) is 0 Å². The maximum Gasteiger partial charge on any atom is 0.245 e. The SMILES string of the molecule is CNCC(=O)N(C)CC(=O)N[C@H](Cc1ccc2ccccc2c1)C(=O)N1CCC2(CC1)CC(C(=O)N(C)C)c1ccccc12. The van der Waals surface area contributed by atoms with Crippen molar-refractivity contribution >= 4 is 34.4 Å². The first kappa shape index (κ1) is 31.2. The van der Waals surface area contributed by atoms with Gasteiger partial charge in [0.05, 0.1) is 19.0 Å². The van der Waals surface area contributed by atoms with Crippen molar-refractivity contribution in [2.24, 2.45) is 0 Å². The van der Waals surface area contributed by atoms with E-state index in [4.69, 9.17) is 0 Å². The van der Waals surface area contributed by atoms with E-state index in [1.165, 1.54) is 10.5 Å². The third-order valence-electron chi connectivity index (χ3n) is 9.30. The predicted molar refractivity (Wildman–Crippen MR) is 171 cm³/mol. The molecule has 2 aliphatic rings. The highest BCUT2D eigenvalue weighted by Gasteiger charge is 2.48. The van der Waals surface area contributed by atoms with Crippen molar-refractivity contribution in [1.29, 1.82) is 0 Å². The summed E-state index contributed by atoms with van der Waals surface area (Å²) in [5.41, 5.74) is 3.12. The van der Waals surface area contributed by atoms with Crippen LogP contribution in [0.3, 0.4) is 0 Å². The van der Waals surface area contributed by atoms with Crippen LogP contribution in [0.2, 0.25) is 0 Å². The van der Waals surface area contributed by atoms with Crippen molar-refractivity contribution in [1.82, 2.24) is 25.3 Å². The summed E-state index contributed by atoms with van der Waals surface area (Å²) in [6.07, 6.45) is 2.60. The molecule has 2 N–H and O–H groups in total. The molecular weight excluding hydrogens is 554 g/mol. The van der Waals surface area contributed by atoms with Crippen LogP contribution in [0.1, 0.15) is 41.9 Å². The van der Waals surface area contributed by atoms with Gasteiger partial charge in [-0.05, 0) is 53.8 Å². The second kappa shape index (κ2) is 13.2. The Labute approximate surface area is 259 Å². The summed E-state index contributed by atoms with van der Waals surface area (Å²) in [7, 11) is 6.86. The molecule has 1 aliphatic carbocycles. The number of amides is 4. The minimum Gasteiger partial charge on any atom is -0.348 e. The topological polar surface area (TPSA) is 102 Å². The molecular formula is C35H43N5O4. The average Bonchev–Trinajstić information content (AvgIpc) is 3.33. The van der Waals surface area contributed by atoms with Crippen LogP contribution in [-0.4, -0.2) is 98.7 Å². The summed E-state index contributed by atoms with van der Waals surface area (Å²) in [5.74, 6) is -0.767. The van der Waals surface area contributed by atoms with Gasteiger partial charge in [0.15, 0.2) is 0 Å². The number of nitrogens with zero attached hydrogens (tertiary/aromatic N) is 3. The number of carbonyl (C=O) groups excluding carboxylic acids is 4. The van der Waals surface area contributed by atoms with Crippen LogP contribution in [0.4, 0.5) is 0 Å². The number of benzene rings is 3. The van der Waals surface area contributed by atoms with Gasteiger partial charge in [-0.1, -0.05) is 66.7 Å². The van der Waals surface area contributed by atoms with Crippen LogP contribution < -0.4 is 10.6 Å². The molecule has 2 atom stereocenters. The van der Waals surface area contributed by atoms with Crippen LogP contribution in [-0.2, 0) is 31.0 Å². The number of likely N-dealkylation sites (tertiary alicyclic amines) is 1. The maximum absolute atomic E-state index is 14.1. The summed E-state index contributed by atoms with van der Waals surface area (Å²) >= 11 is 0. The van der Waals surface area contributed by atoms with Gasteiger partial charge in [0.1, 0.15) is 6.04 Å². The monoisotopic (exact) mass is 597 g/mol. The number of nitrogens with one attached hydrogen (secondary N) is 2. The second-order valence-electron chi connectivity index (χ2n) is 12.5. The van der Waals surface area contributed by atoms with Crippen LogP contribution in [0.15, 0.2) is 66.7 Å². The predicted octanol–water partition coefficient (Wildman–Crippen LogP) is 2.68. The molecule has 1 saturated heterocycles. The van der Waals surface area contributed by atoms with E-state index in [1.54, 1.807) is 33.1 Å². The van der Waals surface area contributed by atoms with Gasteiger partial charge in [-0.25, -0.2) is 0 Å². The Balaban J connectivity index is 1.33. The molecule has 44 heavy (non-hydrogen) atoms. The number of hydrogen-bond donors (Lipinski definition) is 2. The summed E-state index contributed by atoms with van der Waals surface area (Å²) < 4.78 is 0. The van der Waals surface area contributed by atoms with E-state index in [2.05, 4.69) is 28.8 Å². The van der Waals surface area contributed by atoms with Gasteiger partial charge in [0, 0.05) is 46.1 Å². The fourth-order valence-electron chi connectivity index (χ4n) is 6.91. The molecule has 1 aliphatic heterocycles. The fraction of sp³-hybridized carbons (Fsp3) is 0.429. The molecule has 0 saturated carbocycles. The Morgan fingerprint density at radius 3 is 2.32 bits per heavy atom. The molecule has 1 fully saturated rings. The zero-order chi connectivity index (χ0) is 31.4. The Morgan fingerprint density at radius 1 is 0.932 bits per heavy atom. The second-order valence-corrected chi connectivity index (χ2v) is 12.5. The van der Waals surface area contributed by atoms with Crippen molar-refractivity contribution in [2.75, 3.05) is 54.4 Å². The van der Waals surface area contributed by atoms with Crippen molar-refractivity contribution in [3.05, 3.63) is 83.4 Å². The largest absolute Gasteiger partial charge is 0.348 e. The van der Waals surface area contributed by atoms with Gasteiger partial charge in [0.2, 0.25) is 23.6 Å². The first-order chi connectivity index (χ1) is 21.1. The van der Waals surface area contributed by atoms with Gasteiger partial charge in [-0.2, -0.15) is 0 Å². The minimum atomic E-state index is -0.774. The van der Waals surface area contributed by atoms with Gasteiger partial charge >= 0.3 is 0 Å². The molecule has 0 radical (unpaired) electrons. The summed E-state index contributed by atoms with van der Waals surface area (Å²) in [6, 6.07) is 21.6. The van der Waals surface area contributed by atoms with Crippen molar-refractivity contribution in [3.63, 3.8) is 0 Å². The van der Waals surface area contributed by atoms with Crippen molar-refractivity contribution < 1.29 is 19.2 Å². The smallest absolute Gasteiger partial charge is 0.245 e. The maximum atomic E-state index is 14.1. The Morgan fingerprint density at radius 2 is 1.61 bits per heavy atom. The molecule has 1 unspecified atom stereocenters. The normalized spacial score (nSPS) is 17.6. The number of piperidine rings is 1. The Bertz CT molecular complexity index is 1540. The standard InChI is InChI=1S/C35H43N5O4/c1-36-22-32(42)39(4)23-31(41)37-30(20-24-13-14-25-9-5-6-10-26(25)19-24)34(44)40-17-15-35(16-18-40)21-28(33(43)38(2)3)27-11-7-8-12-29(27)35/h5-14,19,28,30,36H,15-18,20-23H2,1-4H3,(H,37,41)/t28?,30-/m1/s1. The molecule has 3 aromatic carbocycles. The summed E-state index contributed by atoms with van der Waals surface area (Å²) in [5, 5.41) is 7.94. The average molecular weight is 598 g/mol. The van der Waals surface area contributed by atoms with E-state index in [9.17, 15) is 19.2 Å². The van der Waals surface area contributed by atoms with Gasteiger partial charge in [-0.15, -0.1) is 0 Å². The zero-order valence-corrected chi connectivity index (χ0v) is 26.1. The molecule has 9 heteroatoms. The third kappa shape index (κ3) is 6.48. The van der Waals surface area contributed by atoms with E-state index in [1.807, 2.05) is 53.4 Å². The van der Waals surface area contributed by atoms with E-state index < -0.39 is 6.04 Å². The van der Waals surface area contributed by atoms with Crippen LogP contribution in [0.5, 0.6) is 0 Å². The number of rotatable bonds is 9. The number of carbonyl (C=O) groups is 4. The first-order valence-electron chi connectivity index (χ1n) is 15.4. The van der Waals surface area contributed by atoms with E-state index in [0.717, 1.165) is 41.2 Å². The van der Waals surface area contributed by atoms with Crippen molar-refractivity contribution in [2.45, 2.75) is 43.1 Å². The lowest BCUT2D eigenvalue weighted by atomic mass is 9.73. The van der Waals surface area contributed by atoms with Crippen molar-refractivity contribution in [3.8, 4) is 0 Å². The van der Waals surface area contributed by atoms with Gasteiger partial charge in [-0.3, -0.25) is 19.2 Å². The van der Waals surface area contributed by atoms with E-state index in [0.29, 0.717) is 19.5 Å². The fourth-order valence-corrected chi connectivity index (χ4v) is 6.91. The van der Waals surface area contributed by atoms with E-state index >= 15 is 0 Å². The molecule has 0 bridgehead atoms. The third-order valence-corrected chi connectivity index (χ3v) is 9.30. The minimum absolute atomic E-state index is 0.115. The lowest BCUT2D eigenvalue weighted by molar-refractivity contribution is -0.139. The molecule has 232 valence electrons.